The van der Waals surface area contributed by atoms with Crippen LogP contribution >= 0.6 is 24.0 Å². The van der Waals surface area contributed by atoms with Crippen LogP contribution in [0.15, 0.2) is 35.6 Å². The number of guanidine groups is 1. The molecule has 1 aromatic heterocycles. The maximum atomic E-state index is 5.45. The molecule has 0 radical (unpaired) electrons. The summed E-state index contributed by atoms with van der Waals surface area (Å²) >= 11 is 0. The zero-order valence-electron chi connectivity index (χ0n) is 17.3. The van der Waals surface area contributed by atoms with Gasteiger partial charge in [0.1, 0.15) is 12.2 Å². The topological polar surface area (TPSA) is 79.6 Å². The van der Waals surface area contributed by atoms with Crippen molar-refractivity contribution >= 4 is 29.9 Å². The number of nitrogens with one attached hydrogen (secondary N) is 2. The number of aliphatic imine (C=N–C) groups is 1. The number of hydrogen-bond donors (Lipinski definition) is 2. The number of benzene rings is 1. The highest BCUT2D eigenvalue weighted by Crippen LogP contribution is 2.13. The van der Waals surface area contributed by atoms with Crippen molar-refractivity contribution in [1.29, 1.82) is 0 Å². The van der Waals surface area contributed by atoms with Gasteiger partial charge in [-0.05, 0) is 11.1 Å². The molecule has 2 heterocycles. The number of rotatable bonds is 8. The van der Waals surface area contributed by atoms with E-state index in [-0.39, 0.29) is 24.0 Å². The second-order valence-corrected chi connectivity index (χ2v) is 6.80. The molecule has 1 aliphatic rings. The molecule has 0 unspecified atom stereocenters. The monoisotopic (exact) mass is 513 g/mol. The van der Waals surface area contributed by atoms with Gasteiger partial charge in [-0.1, -0.05) is 31.2 Å². The lowest BCUT2D eigenvalue weighted by Crippen LogP contribution is -2.39. The summed E-state index contributed by atoms with van der Waals surface area (Å²) in [5.74, 6) is 1.80. The zero-order chi connectivity index (χ0) is 19.6. The number of hydrogen-bond acceptors (Lipinski definition) is 5. The van der Waals surface area contributed by atoms with E-state index in [2.05, 4.69) is 66.5 Å². The zero-order valence-corrected chi connectivity index (χ0v) is 19.6. The number of morpholine rings is 1. The Bertz CT molecular complexity index is 759. The van der Waals surface area contributed by atoms with Crippen LogP contribution in [-0.4, -0.2) is 65.5 Å². The Morgan fingerprint density at radius 2 is 1.93 bits per heavy atom. The first kappa shape index (κ1) is 23.6. The Balaban J connectivity index is 0.00000300. The first-order valence-corrected chi connectivity index (χ1v) is 9.98. The van der Waals surface area contributed by atoms with Crippen molar-refractivity contribution in [2.75, 3.05) is 39.9 Å². The van der Waals surface area contributed by atoms with Gasteiger partial charge >= 0.3 is 0 Å². The van der Waals surface area contributed by atoms with Crippen LogP contribution in [0.3, 0.4) is 0 Å². The highest BCUT2D eigenvalue weighted by Gasteiger charge is 2.12. The average Bonchev–Trinajstić information content (AvgIpc) is 3.20. The fraction of sp³-hybridized carbons (Fsp3) is 0.550. The predicted octanol–water partition coefficient (Wildman–Crippen LogP) is 1.66. The number of aromatic nitrogens is 3. The molecule has 8 nitrogen and oxygen atoms in total. The molecule has 0 amide bonds. The molecule has 9 heteroatoms. The van der Waals surface area contributed by atoms with Crippen LogP contribution in [0.1, 0.15) is 23.9 Å². The third kappa shape index (κ3) is 7.23. The van der Waals surface area contributed by atoms with Crippen LogP contribution in [0.4, 0.5) is 0 Å². The van der Waals surface area contributed by atoms with E-state index in [1.165, 1.54) is 11.1 Å². The molecule has 2 aromatic rings. The van der Waals surface area contributed by atoms with Crippen LogP contribution < -0.4 is 10.6 Å². The van der Waals surface area contributed by atoms with Gasteiger partial charge in [-0.25, -0.2) is 0 Å². The molecule has 0 aliphatic carbocycles. The fourth-order valence-corrected chi connectivity index (χ4v) is 3.32. The van der Waals surface area contributed by atoms with Gasteiger partial charge in [0, 0.05) is 52.7 Å². The van der Waals surface area contributed by atoms with E-state index in [1.54, 1.807) is 13.4 Å². The van der Waals surface area contributed by atoms with Crippen LogP contribution in [0, 0.1) is 0 Å². The van der Waals surface area contributed by atoms with E-state index in [0.29, 0.717) is 0 Å². The standard InChI is InChI=1S/C20H31N7O.HI/c1-3-19-25-24-16-27(19)9-8-22-20(21-2)23-14-17-6-4-5-7-18(17)15-26-10-12-28-13-11-26;/h4-7,16H,3,8-15H2,1-2H3,(H2,21,22,23);1H. The molecular formula is C20H32IN7O. The summed E-state index contributed by atoms with van der Waals surface area (Å²) in [5.41, 5.74) is 2.65. The van der Waals surface area contributed by atoms with E-state index in [4.69, 9.17) is 4.74 Å². The van der Waals surface area contributed by atoms with Gasteiger partial charge < -0.3 is 19.9 Å². The predicted molar refractivity (Wildman–Crippen MR) is 126 cm³/mol. The summed E-state index contributed by atoms with van der Waals surface area (Å²) in [6.45, 7) is 9.00. The van der Waals surface area contributed by atoms with Gasteiger partial charge in [0.25, 0.3) is 0 Å². The molecule has 1 saturated heterocycles. The van der Waals surface area contributed by atoms with E-state index in [1.807, 2.05) is 0 Å². The summed E-state index contributed by atoms with van der Waals surface area (Å²) in [6.07, 6.45) is 2.66. The second kappa shape index (κ2) is 12.8. The average molecular weight is 513 g/mol. The second-order valence-electron chi connectivity index (χ2n) is 6.80. The van der Waals surface area contributed by atoms with Crippen molar-refractivity contribution in [3.63, 3.8) is 0 Å². The van der Waals surface area contributed by atoms with Crippen LogP contribution in [-0.2, 0) is 30.8 Å². The minimum Gasteiger partial charge on any atom is -0.379 e. The molecule has 0 spiro atoms. The van der Waals surface area contributed by atoms with Gasteiger partial charge in [0.05, 0.1) is 13.2 Å². The first-order valence-electron chi connectivity index (χ1n) is 9.98. The maximum Gasteiger partial charge on any atom is 0.191 e. The molecule has 29 heavy (non-hydrogen) atoms. The van der Waals surface area contributed by atoms with Crippen LogP contribution in [0.5, 0.6) is 0 Å². The van der Waals surface area contributed by atoms with E-state index >= 15 is 0 Å². The molecule has 3 rings (SSSR count). The smallest absolute Gasteiger partial charge is 0.191 e. The highest BCUT2D eigenvalue weighted by molar-refractivity contribution is 14.0. The van der Waals surface area contributed by atoms with Gasteiger partial charge in [-0.2, -0.15) is 0 Å². The van der Waals surface area contributed by atoms with Crippen LogP contribution in [0.25, 0.3) is 0 Å². The van der Waals surface area contributed by atoms with Crippen molar-refractivity contribution in [1.82, 2.24) is 30.3 Å². The molecule has 2 N–H and O–H groups in total. The summed E-state index contributed by atoms with van der Waals surface area (Å²) in [4.78, 5) is 6.78. The Labute approximate surface area is 190 Å². The quantitative estimate of drug-likeness (QED) is 0.318. The lowest BCUT2D eigenvalue weighted by Gasteiger charge is -2.27. The van der Waals surface area contributed by atoms with E-state index in [9.17, 15) is 0 Å². The Morgan fingerprint density at radius 3 is 2.66 bits per heavy atom. The van der Waals surface area contributed by atoms with Gasteiger partial charge in [0.2, 0.25) is 0 Å². The third-order valence-electron chi connectivity index (χ3n) is 4.94. The number of halogens is 1. The number of ether oxygens (including phenoxy) is 1. The van der Waals surface area contributed by atoms with Gasteiger partial charge in [-0.3, -0.25) is 9.89 Å². The highest BCUT2D eigenvalue weighted by atomic mass is 127. The molecule has 1 fully saturated rings. The summed E-state index contributed by atoms with van der Waals surface area (Å²) < 4.78 is 7.52. The molecule has 1 aliphatic heterocycles. The molecule has 0 bridgehead atoms. The molecular weight excluding hydrogens is 481 g/mol. The first-order chi connectivity index (χ1) is 13.8. The largest absolute Gasteiger partial charge is 0.379 e. The number of aryl methyl sites for hydroxylation is 1. The lowest BCUT2D eigenvalue weighted by molar-refractivity contribution is 0.0341. The van der Waals surface area contributed by atoms with Gasteiger partial charge in [-0.15, -0.1) is 34.2 Å². The Morgan fingerprint density at radius 1 is 1.17 bits per heavy atom. The van der Waals surface area contributed by atoms with Crippen molar-refractivity contribution in [2.45, 2.75) is 33.0 Å². The van der Waals surface area contributed by atoms with Crippen molar-refractivity contribution < 1.29 is 4.74 Å². The summed E-state index contributed by atoms with van der Waals surface area (Å²) in [7, 11) is 1.80. The summed E-state index contributed by atoms with van der Waals surface area (Å²) in [6, 6.07) is 8.59. The third-order valence-corrected chi connectivity index (χ3v) is 4.94. The van der Waals surface area contributed by atoms with E-state index < -0.39 is 0 Å². The fourth-order valence-electron chi connectivity index (χ4n) is 3.32. The lowest BCUT2D eigenvalue weighted by atomic mass is 10.1. The van der Waals surface area contributed by atoms with Crippen LogP contribution in [0.2, 0.25) is 0 Å². The maximum absolute atomic E-state index is 5.45. The van der Waals surface area contributed by atoms with Gasteiger partial charge in [0.15, 0.2) is 5.96 Å². The van der Waals surface area contributed by atoms with Crippen molar-refractivity contribution in [2.24, 2.45) is 4.99 Å². The van der Waals surface area contributed by atoms with E-state index in [0.717, 1.165) is 70.7 Å². The Kier molecular flexibility index (Phi) is 10.4. The SMILES string of the molecule is CCc1nncn1CCNC(=NC)NCc1ccccc1CN1CCOCC1.I. The Hall–Kier alpha value is -1.72. The summed E-state index contributed by atoms with van der Waals surface area (Å²) in [5, 5.41) is 14.9. The molecule has 0 saturated carbocycles. The minimum atomic E-state index is 0. The van der Waals surface area contributed by atoms with Crippen molar-refractivity contribution in [3.05, 3.63) is 47.5 Å². The minimum absolute atomic E-state index is 0. The normalized spacial score (nSPS) is 15.0. The molecule has 0 atom stereocenters. The molecule has 160 valence electrons. The molecule has 1 aromatic carbocycles. The number of nitrogens with zero attached hydrogens (tertiary/aromatic N) is 5. The van der Waals surface area contributed by atoms with Crippen molar-refractivity contribution in [3.8, 4) is 0 Å².